The van der Waals surface area contributed by atoms with E-state index < -0.39 is 0 Å². The van der Waals surface area contributed by atoms with Crippen LogP contribution in [0.25, 0.3) is 0 Å². The second-order valence-electron chi connectivity index (χ2n) is 3.89. The minimum atomic E-state index is 0.191. The molecular formula is C12H15NO3. The number of phenols is 1. The molecule has 0 radical (unpaired) electrons. The molecule has 16 heavy (non-hydrogen) atoms. The van der Waals surface area contributed by atoms with Crippen molar-refractivity contribution in [3.63, 3.8) is 0 Å². The first-order chi connectivity index (χ1) is 7.79. The largest absolute Gasteiger partial charge is 0.508 e. The van der Waals surface area contributed by atoms with Crippen molar-refractivity contribution >= 4 is 6.29 Å². The molecule has 1 aliphatic heterocycles. The molecule has 1 heterocycles. The number of aldehydes is 1. The number of aromatic hydroxyl groups is 1. The molecule has 0 spiro atoms. The van der Waals surface area contributed by atoms with Crippen molar-refractivity contribution in [1.82, 2.24) is 4.90 Å². The van der Waals surface area contributed by atoms with E-state index in [1.54, 1.807) is 12.1 Å². The molecule has 0 amide bonds. The molecule has 4 nitrogen and oxygen atoms in total. The molecule has 1 aromatic rings. The number of benzene rings is 1. The third-order valence-electron chi connectivity index (χ3n) is 2.74. The number of carbonyl (C=O) groups excluding carboxylic acids is 1. The Bertz CT molecular complexity index is 373. The fourth-order valence-electron chi connectivity index (χ4n) is 1.79. The van der Waals surface area contributed by atoms with E-state index in [-0.39, 0.29) is 5.75 Å². The topological polar surface area (TPSA) is 49.8 Å². The molecular weight excluding hydrogens is 206 g/mol. The highest BCUT2D eigenvalue weighted by atomic mass is 16.5. The highest BCUT2D eigenvalue weighted by Gasteiger charge is 2.12. The number of morpholine rings is 1. The van der Waals surface area contributed by atoms with Gasteiger partial charge < -0.3 is 9.84 Å². The van der Waals surface area contributed by atoms with Gasteiger partial charge in [-0.05, 0) is 6.07 Å². The number of nitrogens with zero attached hydrogens (tertiary/aromatic N) is 1. The molecule has 1 N–H and O–H groups in total. The molecule has 1 fully saturated rings. The third-order valence-corrected chi connectivity index (χ3v) is 2.74. The quantitative estimate of drug-likeness (QED) is 0.775. The van der Waals surface area contributed by atoms with Gasteiger partial charge in [0.05, 0.1) is 13.2 Å². The number of hydrogen-bond acceptors (Lipinski definition) is 4. The lowest BCUT2D eigenvalue weighted by Gasteiger charge is -2.26. The van der Waals surface area contributed by atoms with Crippen LogP contribution in [0.4, 0.5) is 0 Å². The number of carbonyl (C=O) groups is 1. The average molecular weight is 221 g/mol. The smallest absolute Gasteiger partial charge is 0.150 e. The van der Waals surface area contributed by atoms with Gasteiger partial charge in [-0.2, -0.15) is 0 Å². The molecule has 1 saturated heterocycles. The lowest BCUT2D eigenvalue weighted by atomic mass is 10.1. The first-order valence-electron chi connectivity index (χ1n) is 5.37. The van der Waals surface area contributed by atoms with Gasteiger partial charge in [0.2, 0.25) is 0 Å². The van der Waals surface area contributed by atoms with Crippen molar-refractivity contribution in [2.24, 2.45) is 0 Å². The molecule has 0 aliphatic carbocycles. The zero-order chi connectivity index (χ0) is 11.4. The van der Waals surface area contributed by atoms with Crippen molar-refractivity contribution < 1.29 is 14.6 Å². The predicted molar refractivity (Wildman–Crippen MR) is 59.6 cm³/mol. The van der Waals surface area contributed by atoms with Crippen LogP contribution in [-0.4, -0.2) is 42.6 Å². The molecule has 4 heteroatoms. The highest BCUT2D eigenvalue weighted by molar-refractivity contribution is 5.75. The highest BCUT2D eigenvalue weighted by Crippen LogP contribution is 2.20. The predicted octanol–water partition coefficient (Wildman–Crippen LogP) is 1.04. The fraction of sp³-hybridized carbons (Fsp3) is 0.417. The zero-order valence-corrected chi connectivity index (χ0v) is 9.06. The van der Waals surface area contributed by atoms with E-state index in [0.29, 0.717) is 12.1 Å². The SMILES string of the molecule is O=Cc1ccc(CN2CCOCC2)c(O)c1. The first kappa shape index (κ1) is 11.1. The van der Waals surface area contributed by atoms with E-state index in [2.05, 4.69) is 4.90 Å². The van der Waals surface area contributed by atoms with Gasteiger partial charge in [-0.25, -0.2) is 0 Å². The molecule has 0 bridgehead atoms. The van der Waals surface area contributed by atoms with Crippen molar-refractivity contribution in [1.29, 1.82) is 0 Å². The molecule has 86 valence electrons. The van der Waals surface area contributed by atoms with Crippen LogP contribution in [-0.2, 0) is 11.3 Å². The van der Waals surface area contributed by atoms with E-state index in [0.717, 1.165) is 38.2 Å². The zero-order valence-electron chi connectivity index (χ0n) is 9.06. The minimum Gasteiger partial charge on any atom is -0.508 e. The maximum atomic E-state index is 10.5. The summed E-state index contributed by atoms with van der Waals surface area (Å²) in [5, 5.41) is 9.74. The van der Waals surface area contributed by atoms with Crippen LogP contribution in [0, 0.1) is 0 Å². The number of rotatable bonds is 3. The Morgan fingerprint density at radius 1 is 1.38 bits per heavy atom. The van der Waals surface area contributed by atoms with Crippen LogP contribution in [0.2, 0.25) is 0 Å². The van der Waals surface area contributed by atoms with E-state index in [9.17, 15) is 9.90 Å². The van der Waals surface area contributed by atoms with Gasteiger partial charge in [-0.15, -0.1) is 0 Å². The molecule has 0 unspecified atom stereocenters. The van der Waals surface area contributed by atoms with E-state index in [1.807, 2.05) is 0 Å². The summed E-state index contributed by atoms with van der Waals surface area (Å²) in [5.41, 5.74) is 1.36. The second-order valence-corrected chi connectivity index (χ2v) is 3.89. The van der Waals surface area contributed by atoms with Gasteiger partial charge >= 0.3 is 0 Å². The molecule has 0 saturated carbocycles. The normalized spacial score (nSPS) is 17.2. The fourth-order valence-corrected chi connectivity index (χ4v) is 1.79. The Morgan fingerprint density at radius 3 is 2.75 bits per heavy atom. The van der Waals surface area contributed by atoms with E-state index in [4.69, 9.17) is 4.74 Å². The van der Waals surface area contributed by atoms with Crippen molar-refractivity contribution in [2.75, 3.05) is 26.3 Å². The standard InChI is InChI=1S/C12H15NO3/c14-9-10-1-2-11(12(15)7-10)8-13-3-5-16-6-4-13/h1-2,7,9,15H,3-6,8H2. The summed E-state index contributed by atoms with van der Waals surface area (Å²) in [4.78, 5) is 12.7. The summed E-state index contributed by atoms with van der Waals surface area (Å²) in [7, 11) is 0. The number of ether oxygens (including phenoxy) is 1. The Balaban J connectivity index is 2.05. The van der Waals surface area contributed by atoms with Crippen LogP contribution in [0.5, 0.6) is 5.75 Å². The molecule has 0 atom stereocenters. The maximum Gasteiger partial charge on any atom is 0.150 e. The van der Waals surface area contributed by atoms with Gasteiger partial charge in [-0.3, -0.25) is 9.69 Å². The number of phenolic OH excluding ortho intramolecular Hbond substituents is 1. The minimum absolute atomic E-state index is 0.191. The van der Waals surface area contributed by atoms with Crippen molar-refractivity contribution in [3.8, 4) is 5.75 Å². The van der Waals surface area contributed by atoms with Crippen molar-refractivity contribution in [3.05, 3.63) is 29.3 Å². The maximum absolute atomic E-state index is 10.5. The Labute approximate surface area is 94.4 Å². The summed E-state index contributed by atoms with van der Waals surface area (Å²) in [6, 6.07) is 5.03. The summed E-state index contributed by atoms with van der Waals surface area (Å²) in [6.45, 7) is 3.96. The number of hydrogen-bond donors (Lipinski definition) is 1. The molecule has 2 rings (SSSR count). The van der Waals surface area contributed by atoms with Crippen LogP contribution in [0.3, 0.4) is 0 Å². The summed E-state index contributed by atoms with van der Waals surface area (Å²) >= 11 is 0. The van der Waals surface area contributed by atoms with Gasteiger partial charge in [0.15, 0.2) is 0 Å². The third kappa shape index (κ3) is 2.59. The van der Waals surface area contributed by atoms with Gasteiger partial charge in [-0.1, -0.05) is 12.1 Å². The van der Waals surface area contributed by atoms with Gasteiger partial charge in [0, 0.05) is 30.8 Å². The average Bonchev–Trinajstić information content (AvgIpc) is 2.33. The Kier molecular flexibility index (Phi) is 3.54. The molecule has 1 aromatic carbocycles. The Morgan fingerprint density at radius 2 is 2.12 bits per heavy atom. The van der Waals surface area contributed by atoms with Gasteiger partial charge in [0.25, 0.3) is 0 Å². The molecule has 1 aliphatic rings. The summed E-state index contributed by atoms with van der Waals surface area (Å²) < 4.78 is 5.25. The lowest BCUT2D eigenvalue weighted by molar-refractivity contribution is 0.0339. The summed E-state index contributed by atoms with van der Waals surface area (Å²) in [5.74, 6) is 0.191. The van der Waals surface area contributed by atoms with Crippen LogP contribution >= 0.6 is 0 Å². The molecule has 0 aromatic heterocycles. The Hall–Kier alpha value is -1.39. The first-order valence-corrected chi connectivity index (χ1v) is 5.37. The van der Waals surface area contributed by atoms with Gasteiger partial charge in [0.1, 0.15) is 12.0 Å². The van der Waals surface area contributed by atoms with Crippen LogP contribution in [0.15, 0.2) is 18.2 Å². The monoisotopic (exact) mass is 221 g/mol. The van der Waals surface area contributed by atoms with E-state index in [1.165, 1.54) is 6.07 Å². The van der Waals surface area contributed by atoms with Crippen LogP contribution < -0.4 is 0 Å². The lowest BCUT2D eigenvalue weighted by Crippen LogP contribution is -2.35. The van der Waals surface area contributed by atoms with Crippen LogP contribution in [0.1, 0.15) is 15.9 Å². The second kappa shape index (κ2) is 5.09. The summed E-state index contributed by atoms with van der Waals surface area (Å²) in [6.07, 6.45) is 0.734. The van der Waals surface area contributed by atoms with E-state index >= 15 is 0 Å². The van der Waals surface area contributed by atoms with Crippen molar-refractivity contribution in [2.45, 2.75) is 6.54 Å².